The fraction of sp³-hybridized carbons (Fsp3) is 0.333. The molecule has 3 rings (SSSR count). The lowest BCUT2D eigenvalue weighted by Gasteiger charge is -2.22. The van der Waals surface area contributed by atoms with Crippen molar-refractivity contribution in [1.29, 1.82) is 0 Å². The Morgan fingerprint density at radius 3 is 2.87 bits per heavy atom. The number of rotatable bonds is 4. The highest BCUT2D eigenvalue weighted by molar-refractivity contribution is 5.99. The summed E-state index contributed by atoms with van der Waals surface area (Å²) in [5.74, 6) is -0.323. The third-order valence-electron chi connectivity index (χ3n) is 3.70. The van der Waals surface area contributed by atoms with Crippen LogP contribution in [0.2, 0.25) is 0 Å². The Bertz CT molecular complexity index is 830. The molecule has 1 fully saturated rings. The molecule has 23 heavy (non-hydrogen) atoms. The van der Waals surface area contributed by atoms with Gasteiger partial charge in [0.1, 0.15) is 18.4 Å². The Morgan fingerprint density at radius 1 is 1.30 bits per heavy atom. The first-order chi connectivity index (χ1) is 11.1. The van der Waals surface area contributed by atoms with Crippen molar-refractivity contribution in [3.63, 3.8) is 0 Å². The number of hydrogen-bond donors (Lipinski definition) is 2. The van der Waals surface area contributed by atoms with E-state index in [0.717, 1.165) is 4.68 Å². The Morgan fingerprint density at radius 2 is 2.13 bits per heavy atom. The van der Waals surface area contributed by atoms with E-state index in [9.17, 15) is 14.4 Å². The number of aromatic nitrogens is 2. The number of amides is 2. The molecule has 3 N–H and O–H groups in total. The molecule has 1 atom stereocenters. The molecule has 0 bridgehead atoms. The van der Waals surface area contributed by atoms with Gasteiger partial charge in [0.05, 0.1) is 11.6 Å². The molecule has 2 amide bonds. The summed E-state index contributed by atoms with van der Waals surface area (Å²) in [6.45, 7) is 0.687. The van der Waals surface area contributed by atoms with E-state index >= 15 is 0 Å². The zero-order valence-corrected chi connectivity index (χ0v) is 12.3. The molecule has 0 spiro atoms. The van der Waals surface area contributed by atoms with Crippen LogP contribution in [-0.4, -0.2) is 34.7 Å². The van der Waals surface area contributed by atoms with Crippen LogP contribution in [-0.2, 0) is 9.59 Å². The van der Waals surface area contributed by atoms with Gasteiger partial charge in [0.2, 0.25) is 5.91 Å². The van der Waals surface area contributed by atoms with Gasteiger partial charge in [0.15, 0.2) is 0 Å². The molecule has 1 unspecified atom stereocenters. The first kappa shape index (κ1) is 15.2. The predicted octanol–water partition coefficient (Wildman–Crippen LogP) is -0.288. The number of imide groups is 1. The lowest BCUT2D eigenvalue weighted by atomic mass is 10.1. The second-order valence-corrected chi connectivity index (χ2v) is 5.22. The maximum atomic E-state index is 12.6. The molecule has 2 aromatic rings. The number of nitrogens with one attached hydrogen (secondary N) is 1. The molecular weight excluding hydrogens is 300 g/mol. The lowest BCUT2D eigenvalue weighted by molar-refractivity contribution is -0.136. The monoisotopic (exact) mass is 316 g/mol. The van der Waals surface area contributed by atoms with Crippen LogP contribution in [0.25, 0.3) is 10.8 Å². The zero-order valence-electron chi connectivity index (χ0n) is 12.3. The van der Waals surface area contributed by atoms with Crippen molar-refractivity contribution >= 4 is 22.6 Å². The van der Waals surface area contributed by atoms with Crippen molar-refractivity contribution in [2.24, 2.45) is 5.73 Å². The molecular formula is C15H16N4O4. The fourth-order valence-electron chi connectivity index (χ4n) is 2.59. The van der Waals surface area contributed by atoms with E-state index in [1.165, 1.54) is 6.20 Å². The minimum Gasteiger partial charge on any atom is -0.492 e. The van der Waals surface area contributed by atoms with Crippen molar-refractivity contribution in [3.8, 4) is 5.75 Å². The highest BCUT2D eigenvalue weighted by Crippen LogP contribution is 2.23. The number of nitrogens with two attached hydrogens (primary N) is 1. The highest BCUT2D eigenvalue weighted by Gasteiger charge is 2.30. The van der Waals surface area contributed by atoms with Crippen LogP contribution < -0.4 is 21.3 Å². The van der Waals surface area contributed by atoms with Gasteiger partial charge in [-0.05, 0) is 18.6 Å². The van der Waals surface area contributed by atoms with Crippen molar-refractivity contribution in [1.82, 2.24) is 15.1 Å². The second-order valence-electron chi connectivity index (χ2n) is 5.22. The molecule has 2 heterocycles. The Balaban J connectivity index is 2.04. The van der Waals surface area contributed by atoms with Crippen molar-refractivity contribution in [3.05, 3.63) is 34.7 Å². The smallest absolute Gasteiger partial charge is 0.275 e. The molecule has 8 nitrogen and oxygen atoms in total. The SMILES string of the molecule is NCCOc1cccc2c(=O)n(C3CCC(=O)NC3=O)ncc12. The van der Waals surface area contributed by atoms with Crippen LogP contribution in [0.15, 0.2) is 29.2 Å². The van der Waals surface area contributed by atoms with Crippen LogP contribution >= 0.6 is 0 Å². The number of carbonyl (C=O) groups excluding carboxylic acids is 2. The molecule has 1 aliphatic heterocycles. The second kappa shape index (κ2) is 6.17. The van der Waals surface area contributed by atoms with E-state index in [-0.39, 0.29) is 18.7 Å². The summed E-state index contributed by atoms with van der Waals surface area (Å²) in [7, 11) is 0. The Labute approximate surface area is 131 Å². The van der Waals surface area contributed by atoms with E-state index in [2.05, 4.69) is 10.4 Å². The number of piperidine rings is 1. The summed E-state index contributed by atoms with van der Waals surface area (Å²) in [4.78, 5) is 35.8. The van der Waals surface area contributed by atoms with Gasteiger partial charge in [-0.2, -0.15) is 5.10 Å². The van der Waals surface area contributed by atoms with Gasteiger partial charge in [-0.3, -0.25) is 19.7 Å². The number of ether oxygens (including phenoxy) is 1. The minimum atomic E-state index is -0.779. The summed E-state index contributed by atoms with van der Waals surface area (Å²) in [6.07, 6.45) is 1.93. The van der Waals surface area contributed by atoms with E-state index in [0.29, 0.717) is 29.7 Å². The summed E-state index contributed by atoms with van der Waals surface area (Å²) in [6, 6.07) is 4.30. The van der Waals surface area contributed by atoms with Gasteiger partial charge < -0.3 is 10.5 Å². The molecule has 1 saturated heterocycles. The van der Waals surface area contributed by atoms with Crippen LogP contribution in [0.5, 0.6) is 5.75 Å². The summed E-state index contributed by atoms with van der Waals surface area (Å²) in [5, 5.41) is 7.29. The Hall–Kier alpha value is -2.74. The standard InChI is InChI=1S/C15H16N4O4/c16-6-7-23-12-3-1-2-9-10(12)8-17-19(15(9)22)11-4-5-13(20)18-14(11)21/h1-3,8,11H,4-7,16H2,(H,18,20,21). The fourth-order valence-corrected chi connectivity index (χ4v) is 2.59. The molecule has 0 radical (unpaired) electrons. The number of carbonyl (C=O) groups is 2. The van der Waals surface area contributed by atoms with E-state index in [1.807, 2.05) is 0 Å². The molecule has 8 heteroatoms. The first-order valence-corrected chi connectivity index (χ1v) is 7.29. The van der Waals surface area contributed by atoms with Gasteiger partial charge in [-0.1, -0.05) is 6.07 Å². The van der Waals surface area contributed by atoms with E-state index < -0.39 is 17.5 Å². The number of benzene rings is 1. The average Bonchev–Trinajstić information content (AvgIpc) is 2.54. The first-order valence-electron chi connectivity index (χ1n) is 7.29. The van der Waals surface area contributed by atoms with Crippen molar-refractivity contribution < 1.29 is 14.3 Å². The molecule has 0 aliphatic carbocycles. The lowest BCUT2D eigenvalue weighted by Crippen LogP contribution is -2.45. The summed E-state index contributed by atoms with van der Waals surface area (Å²) >= 11 is 0. The maximum absolute atomic E-state index is 12.6. The third kappa shape index (κ3) is 2.80. The molecule has 120 valence electrons. The van der Waals surface area contributed by atoms with E-state index in [1.54, 1.807) is 18.2 Å². The normalized spacial score (nSPS) is 18.0. The molecule has 0 saturated carbocycles. The summed E-state index contributed by atoms with van der Waals surface area (Å²) in [5.41, 5.74) is 5.03. The number of fused-ring (bicyclic) bond motifs is 1. The molecule has 1 aromatic carbocycles. The quantitative estimate of drug-likeness (QED) is 0.749. The summed E-state index contributed by atoms with van der Waals surface area (Å²) < 4.78 is 6.63. The number of hydrogen-bond acceptors (Lipinski definition) is 6. The van der Waals surface area contributed by atoms with Crippen molar-refractivity contribution in [2.45, 2.75) is 18.9 Å². The molecule has 1 aromatic heterocycles. The van der Waals surface area contributed by atoms with Crippen molar-refractivity contribution in [2.75, 3.05) is 13.2 Å². The van der Waals surface area contributed by atoms with Gasteiger partial charge in [0.25, 0.3) is 11.5 Å². The van der Waals surface area contributed by atoms with Crippen LogP contribution in [0.4, 0.5) is 0 Å². The minimum absolute atomic E-state index is 0.183. The third-order valence-corrected chi connectivity index (χ3v) is 3.70. The van der Waals surface area contributed by atoms with E-state index in [4.69, 9.17) is 10.5 Å². The average molecular weight is 316 g/mol. The van der Waals surface area contributed by atoms with Crippen LogP contribution in [0, 0.1) is 0 Å². The van der Waals surface area contributed by atoms with Gasteiger partial charge in [-0.15, -0.1) is 0 Å². The predicted molar refractivity (Wildman–Crippen MR) is 82.0 cm³/mol. The largest absolute Gasteiger partial charge is 0.492 e. The van der Waals surface area contributed by atoms with Gasteiger partial charge in [-0.25, -0.2) is 4.68 Å². The van der Waals surface area contributed by atoms with Crippen LogP contribution in [0.1, 0.15) is 18.9 Å². The molecule has 1 aliphatic rings. The zero-order chi connectivity index (χ0) is 16.4. The number of nitrogens with zero attached hydrogens (tertiary/aromatic N) is 2. The maximum Gasteiger partial charge on any atom is 0.275 e. The Kier molecular flexibility index (Phi) is 4.07. The topological polar surface area (TPSA) is 116 Å². The van der Waals surface area contributed by atoms with Gasteiger partial charge in [0, 0.05) is 18.4 Å². The van der Waals surface area contributed by atoms with Crippen LogP contribution in [0.3, 0.4) is 0 Å². The van der Waals surface area contributed by atoms with Gasteiger partial charge >= 0.3 is 0 Å². The highest BCUT2D eigenvalue weighted by atomic mass is 16.5.